The highest BCUT2D eigenvalue weighted by molar-refractivity contribution is 5.98. The minimum Gasteiger partial charge on any atom is -0.360 e. The molecule has 2 atom stereocenters. The van der Waals surface area contributed by atoms with Gasteiger partial charge in [-0.25, -0.2) is 4.89 Å². The third-order valence-electron chi connectivity index (χ3n) is 5.40. The monoisotopic (exact) mass is 314 g/mol. The fraction of sp³-hybridized carbons (Fsp3) is 0.526. The van der Waals surface area contributed by atoms with E-state index in [0.29, 0.717) is 18.4 Å². The fourth-order valence-corrected chi connectivity index (χ4v) is 4.12. The average molecular weight is 314 g/mol. The van der Waals surface area contributed by atoms with Crippen LogP contribution < -0.4 is 0 Å². The molecule has 3 aliphatic rings. The smallest absolute Gasteiger partial charge is 0.229 e. The normalized spacial score (nSPS) is 33.2. The third kappa shape index (κ3) is 2.65. The van der Waals surface area contributed by atoms with Crippen LogP contribution in [0.5, 0.6) is 0 Å². The summed E-state index contributed by atoms with van der Waals surface area (Å²) >= 11 is 0. The van der Waals surface area contributed by atoms with Gasteiger partial charge in [-0.2, -0.15) is 4.89 Å². The van der Waals surface area contributed by atoms with Crippen molar-refractivity contribution in [3.63, 3.8) is 0 Å². The van der Waals surface area contributed by atoms with E-state index in [1.165, 1.54) is 6.42 Å². The molecule has 2 aliphatic carbocycles. The van der Waals surface area contributed by atoms with Crippen LogP contribution in [0.25, 0.3) is 0 Å². The number of Topliss-reactive ketones (excluding diaryl/α,β-unsaturated/α-hetero) is 1. The molecular formula is C19H22O4. The van der Waals surface area contributed by atoms with Crippen molar-refractivity contribution >= 4 is 5.78 Å². The molecule has 4 nitrogen and oxygen atoms in total. The van der Waals surface area contributed by atoms with E-state index in [-0.39, 0.29) is 11.7 Å². The van der Waals surface area contributed by atoms with Crippen molar-refractivity contribution in [1.29, 1.82) is 0 Å². The number of fused-ring (bicyclic) bond motifs is 1. The maximum Gasteiger partial charge on any atom is 0.229 e. The van der Waals surface area contributed by atoms with Crippen LogP contribution in [0.1, 0.15) is 56.4 Å². The Morgan fingerprint density at radius 2 is 1.78 bits per heavy atom. The topological polar surface area (TPSA) is 55.8 Å². The highest BCUT2D eigenvalue weighted by Gasteiger charge is 2.52. The Hall–Kier alpha value is -1.49. The van der Waals surface area contributed by atoms with Crippen LogP contribution in [-0.4, -0.2) is 22.3 Å². The maximum absolute atomic E-state index is 12.7. The largest absolute Gasteiger partial charge is 0.360 e. The highest BCUT2D eigenvalue weighted by atomic mass is 17.2. The summed E-state index contributed by atoms with van der Waals surface area (Å²) in [6, 6.07) is 9.82. The molecule has 0 aromatic heterocycles. The average Bonchev–Trinajstić information content (AvgIpc) is 2.58. The molecule has 2 saturated carbocycles. The van der Waals surface area contributed by atoms with Gasteiger partial charge in [-0.3, -0.25) is 4.79 Å². The van der Waals surface area contributed by atoms with E-state index in [1.54, 1.807) is 0 Å². The summed E-state index contributed by atoms with van der Waals surface area (Å²) in [6.45, 7) is 0. The Kier molecular flexibility index (Phi) is 3.63. The van der Waals surface area contributed by atoms with Crippen molar-refractivity contribution in [2.45, 2.75) is 62.3 Å². The van der Waals surface area contributed by atoms with Crippen LogP contribution in [0, 0.1) is 0 Å². The van der Waals surface area contributed by atoms with E-state index < -0.39 is 11.4 Å². The number of aliphatic hydroxyl groups is 1. The first-order valence-electron chi connectivity index (χ1n) is 8.51. The number of benzene rings is 1. The highest BCUT2D eigenvalue weighted by Crippen LogP contribution is 2.47. The summed E-state index contributed by atoms with van der Waals surface area (Å²) in [4.78, 5) is 23.8. The van der Waals surface area contributed by atoms with Gasteiger partial charge in [0.15, 0.2) is 5.78 Å². The van der Waals surface area contributed by atoms with Crippen molar-refractivity contribution in [2.75, 3.05) is 0 Å². The molecule has 2 unspecified atom stereocenters. The maximum atomic E-state index is 12.7. The Morgan fingerprint density at radius 3 is 2.52 bits per heavy atom. The number of ketones is 1. The number of hydrogen-bond acceptors (Lipinski definition) is 4. The van der Waals surface area contributed by atoms with Gasteiger partial charge in [-0.1, -0.05) is 49.6 Å². The molecule has 0 amide bonds. The molecule has 0 bridgehead atoms. The van der Waals surface area contributed by atoms with Crippen LogP contribution in [-0.2, 0) is 14.6 Å². The first kappa shape index (κ1) is 15.1. The second kappa shape index (κ2) is 5.55. The summed E-state index contributed by atoms with van der Waals surface area (Å²) in [6.07, 6.45) is 7.63. The zero-order valence-corrected chi connectivity index (χ0v) is 13.2. The van der Waals surface area contributed by atoms with Crippen molar-refractivity contribution < 1.29 is 19.7 Å². The van der Waals surface area contributed by atoms with Gasteiger partial charge in [0.2, 0.25) is 5.79 Å². The van der Waals surface area contributed by atoms with E-state index in [9.17, 15) is 9.90 Å². The van der Waals surface area contributed by atoms with Gasteiger partial charge in [0.05, 0.1) is 5.57 Å². The molecule has 4 heteroatoms. The lowest BCUT2D eigenvalue weighted by Crippen LogP contribution is -2.51. The molecule has 122 valence electrons. The minimum atomic E-state index is -1.61. The van der Waals surface area contributed by atoms with Gasteiger partial charge in [0, 0.05) is 12.8 Å². The predicted octanol–water partition coefficient (Wildman–Crippen LogP) is 3.41. The van der Waals surface area contributed by atoms with Crippen molar-refractivity contribution in [3.8, 4) is 0 Å². The van der Waals surface area contributed by atoms with Gasteiger partial charge < -0.3 is 5.11 Å². The predicted molar refractivity (Wildman–Crippen MR) is 84.4 cm³/mol. The number of hydrogen-bond donors (Lipinski definition) is 1. The Morgan fingerprint density at radius 1 is 1.04 bits per heavy atom. The van der Waals surface area contributed by atoms with Crippen molar-refractivity contribution in [2.24, 2.45) is 0 Å². The quantitative estimate of drug-likeness (QED) is 0.807. The number of carbonyl (C=O) groups is 1. The SMILES string of the molecule is O=C1CC(c2ccccc2)CC2(O)OOC3(C=C12)CCCCC3. The van der Waals surface area contributed by atoms with Gasteiger partial charge in [-0.15, -0.1) is 0 Å². The van der Waals surface area contributed by atoms with Crippen LogP contribution in [0.15, 0.2) is 42.0 Å². The van der Waals surface area contributed by atoms with E-state index >= 15 is 0 Å². The molecule has 1 aliphatic heterocycles. The lowest BCUT2D eigenvalue weighted by Gasteiger charge is -2.45. The first-order valence-corrected chi connectivity index (χ1v) is 8.51. The van der Waals surface area contributed by atoms with Crippen LogP contribution in [0.4, 0.5) is 0 Å². The molecule has 1 aromatic rings. The molecule has 1 aromatic carbocycles. The molecule has 1 spiro atoms. The molecule has 1 heterocycles. The molecule has 2 fully saturated rings. The van der Waals surface area contributed by atoms with Gasteiger partial charge in [0.25, 0.3) is 0 Å². The summed E-state index contributed by atoms with van der Waals surface area (Å²) in [5.74, 6) is -1.69. The van der Waals surface area contributed by atoms with E-state index in [1.807, 2.05) is 36.4 Å². The summed E-state index contributed by atoms with van der Waals surface area (Å²) < 4.78 is 0. The first-order chi connectivity index (χ1) is 11.1. The Labute approximate surface area is 136 Å². The zero-order valence-electron chi connectivity index (χ0n) is 13.2. The molecule has 0 saturated heterocycles. The van der Waals surface area contributed by atoms with Crippen molar-refractivity contribution in [3.05, 3.63) is 47.5 Å². The van der Waals surface area contributed by atoms with Crippen LogP contribution in [0.2, 0.25) is 0 Å². The standard InChI is InChI=1S/C19H22O4/c20-17-11-15(14-7-3-1-4-8-14)12-19(21)16(17)13-18(22-23-19)9-5-2-6-10-18/h1,3-4,7-8,13,15,21H,2,5-6,9-12H2. The van der Waals surface area contributed by atoms with Gasteiger partial charge >= 0.3 is 0 Å². The Balaban J connectivity index is 1.64. The molecule has 1 N–H and O–H groups in total. The summed E-state index contributed by atoms with van der Waals surface area (Å²) in [7, 11) is 0. The summed E-state index contributed by atoms with van der Waals surface area (Å²) in [5, 5.41) is 10.9. The number of rotatable bonds is 1. The van der Waals surface area contributed by atoms with E-state index in [4.69, 9.17) is 9.78 Å². The van der Waals surface area contributed by atoms with Crippen molar-refractivity contribution in [1.82, 2.24) is 0 Å². The molecule has 4 rings (SSSR count). The van der Waals surface area contributed by atoms with Crippen LogP contribution in [0.3, 0.4) is 0 Å². The van der Waals surface area contributed by atoms with Gasteiger partial charge in [-0.05, 0) is 30.4 Å². The third-order valence-corrected chi connectivity index (χ3v) is 5.40. The lowest BCUT2D eigenvalue weighted by molar-refractivity contribution is -0.454. The second-order valence-electron chi connectivity index (χ2n) is 7.07. The molecule has 23 heavy (non-hydrogen) atoms. The lowest BCUT2D eigenvalue weighted by atomic mass is 9.73. The molecular weight excluding hydrogens is 292 g/mol. The van der Waals surface area contributed by atoms with E-state index in [2.05, 4.69) is 0 Å². The van der Waals surface area contributed by atoms with E-state index in [0.717, 1.165) is 31.2 Å². The van der Waals surface area contributed by atoms with Gasteiger partial charge in [0.1, 0.15) is 5.60 Å². The Bertz CT molecular complexity index is 630. The number of carbonyl (C=O) groups excluding carboxylic acids is 1. The zero-order chi connectivity index (χ0) is 15.9. The van der Waals surface area contributed by atoms with Crippen LogP contribution >= 0.6 is 0 Å². The summed E-state index contributed by atoms with van der Waals surface area (Å²) in [5.41, 5.74) is 0.933. The molecule has 0 radical (unpaired) electrons. The second-order valence-corrected chi connectivity index (χ2v) is 7.07. The minimum absolute atomic E-state index is 0.0270. The fourth-order valence-electron chi connectivity index (χ4n) is 4.12.